The second-order valence-corrected chi connectivity index (χ2v) is 7.73. The van der Waals surface area contributed by atoms with Crippen LogP contribution in [0.5, 0.6) is 0 Å². The monoisotopic (exact) mass is 382 g/mol. The highest BCUT2D eigenvalue weighted by Crippen LogP contribution is 2.22. The van der Waals surface area contributed by atoms with Crippen molar-refractivity contribution in [3.8, 4) is 11.1 Å². The van der Waals surface area contributed by atoms with Gasteiger partial charge in [0, 0.05) is 0 Å². The minimum absolute atomic E-state index is 0.0531. The van der Waals surface area contributed by atoms with Crippen LogP contribution < -0.4 is 0 Å². The Morgan fingerprint density at radius 1 is 0.786 bits per heavy atom. The fraction of sp³-hybridized carbons (Fsp3) is 0.417. The summed E-state index contributed by atoms with van der Waals surface area (Å²) in [7, 11) is 0. The first-order valence-electron chi connectivity index (χ1n) is 9.87. The SMILES string of the molecule is CC(C)CC(C(=O)OCCOC(=O)c1ccc(-c2ccccc2)cc1)C(C)C. The molecule has 1 atom stereocenters. The van der Waals surface area contributed by atoms with Crippen LogP contribution in [-0.4, -0.2) is 25.2 Å². The number of ether oxygens (including phenoxy) is 2. The largest absolute Gasteiger partial charge is 0.462 e. The number of rotatable bonds is 9. The standard InChI is InChI=1S/C24H30O4/c1-17(2)16-22(18(3)4)24(26)28-15-14-27-23(25)21-12-10-20(11-13-21)19-8-6-5-7-9-19/h5-13,17-18,22H,14-16H2,1-4H3. The summed E-state index contributed by atoms with van der Waals surface area (Å²) in [5.74, 6) is -0.108. The molecule has 0 saturated carbocycles. The van der Waals surface area contributed by atoms with Crippen molar-refractivity contribution in [2.45, 2.75) is 34.1 Å². The summed E-state index contributed by atoms with van der Waals surface area (Å²) >= 11 is 0. The molecule has 2 rings (SSSR count). The van der Waals surface area contributed by atoms with E-state index >= 15 is 0 Å². The van der Waals surface area contributed by atoms with Gasteiger partial charge >= 0.3 is 11.9 Å². The third-order valence-electron chi connectivity index (χ3n) is 4.62. The van der Waals surface area contributed by atoms with Gasteiger partial charge < -0.3 is 9.47 Å². The average molecular weight is 382 g/mol. The lowest BCUT2D eigenvalue weighted by atomic mass is 9.88. The summed E-state index contributed by atoms with van der Waals surface area (Å²) in [6, 6.07) is 17.2. The van der Waals surface area contributed by atoms with E-state index in [0.29, 0.717) is 11.5 Å². The van der Waals surface area contributed by atoms with E-state index in [0.717, 1.165) is 17.5 Å². The fourth-order valence-electron chi connectivity index (χ4n) is 3.04. The van der Waals surface area contributed by atoms with Gasteiger partial charge in [-0.3, -0.25) is 4.79 Å². The summed E-state index contributed by atoms with van der Waals surface area (Å²) in [4.78, 5) is 24.4. The van der Waals surface area contributed by atoms with Gasteiger partial charge in [0.2, 0.25) is 0 Å². The molecule has 0 aliphatic heterocycles. The van der Waals surface area contributed by atoms with Crippen molar-refractivity contribution in [3.63, 3.8) is 0 Å². The van der Waals surface area contributed by atoms with Gasteiger partial charge in [-0.15, -0.1) is 0 Å². The Labute approximate surface area is 167 Å². The molecule has 0 bridgehead atoms. The number of benzene rings is 2. The van der Waals surface area contributed by atoms with Gasteiger partial charge in [-0.25, -0.2) is 4.79 Å². The lowest BCUT2D eigenvalue weighted by Crippen LogP contribution is -2.26. The number of hydrogen-bond acceptors (Lipinski definition) is 4. The molecule has 0 N–H and O–H groups in total. The van der Waals surface area contributed by atoms with E-state index in [2.05, 4.69) is 13.8 Å². The van der Waals surface area contributed by atoms with Crippen LogP contribution in [0.15, 0.2) is 54.6 Å². The molecule has 0 saturated heterocycles. The van der Waals surface area contributed by atoms with Gasteiger partial charge in [-0.2, -0.15) is 0 Å². The Morgan fingerprint density at radius 2 is 1.36 bits per heavy atom. The number of hydrogen-bond donors (Lipinski definition) is 0. The van der Waals surface area contributed by atoms with Crippen LogP contribution in [0.4, 0.5) is 0 Å². The van der Waals surface area contributed by atoms with Crippen molar-refractivity contribution in [1.29, 1.82) is 0 Å². The normalized spacial score (nSPS) is 12.1. The predicted molar refractivity (Wildman–Crippen MR) is 111 cm³/mol. The van der Waals surface area contributed by atoms with Crippen LogP contribution in [0.3, 0.4) is 0 Å². The van der Waals surface area contributed by atoms with E-state index in [1.807, 2.05) is 56.3 Å². The molecule has 0 aliphatic rings. The van der Waals surface area contributed by atoms with E-state index in [4.69, 9.17) is 9.47 Å². The Morgan fingerprint density at radius 3 is 1.93 bits per heavy atom. The summed E-state index contributed by atoms with van der Waals surface area (Å²) < 4.78 is 10.5. The molecule has 0 aromatic heterocycles. The second-order valence-electron chi connectivity index (χ2n) is 7.73. The summed E-state index contributed by atoms with van der Waals surface area (Å²) in [5, 5.41) is 0. The van der Waals surface area contributed by atoms with E-state index in [-0.39, 0.29) is 31.0 Å². The minimum Gasteiger partial charge on any atom is -0.462 e. The third-order valence-corrected chi connectivity index (χ3v) is 4.62. The first-order chi connectivity index (χ1) is 13.4. The van der Waals surface area contributed by atoms with Gasteiger partial charge in [0.05, 0.1) is 11.5 Å². The molecule has 0 spiro atoms. The molecule has 1 unspecified atom stereocenters. The minimum atomic E-state index is -0.418. The highest BCUT2D eigenvalue weighted by molar-refractivity contribution is 5.90. The van der Waals surface area contributed by atoms with Crippen molar-refractivity contribution in [1.82, 2.24) is 0 Å². The lowest BCUT2D eigenvalue weighted by Gasteiger charge is -2.21. The van der Waals surface area contributed by atoms with Gasteiger partial charge in [0.1, 0.15) is 13.2 Å². The zero-order chi connectivity index (χ0) is 20.5. The van der Waals surface area contributed by atoms with Gasteiger partial charge in [0.15, 0.2) is 0 Å². The maximum absolute atomic E-state index is 12.2. The highest BCUT2D eigenvalue weighted by atomic mass is 16.6. The molecule has 2 aromatic rings. The molecule has 0 radical (unpaired) electrons. The highest BCUT2D eigenvalue weighted by Gasteiger charge is 2.24. The molecular weight excluding hydrogens is 352 g/mol. The Hall–Kier alpha value is -2.62. The van der Waals surface area contributed by atoms with Gasteiger partial charge in [-0.1, -0.05) is 70.2 Å². The predicted octanol–water partition coefficient (Wildman–Crippen LogP) is 5.37. The fourth-order valence-corrected chi connectivity index (χ4v) is 3.04. The zero-order valence-corrected chi connectivity index (χ0v) is 17.2. The summed E-state index contributed by atoms with van der Waals surface area (Å²) in [5.41, 5.74) is 2.61. The second kappa shape index (κ2) is 10.6. The summed E-state index contributed by atoms with van der Waals surface area (Å²) in [6.45, 7) is 8.35. The van der Waals surface area contributed by atoms with Crippen molar-refractivity contribution >= 4 is 11.9 Å². The molecule has 0 heterocycles. The molecule has 4 nitrogen and oxygen atoms in total. The van der Waals surface area contributed by atoms with Crippen LogP contribution >= 0.6 is 0 Å². The van der Waals surface area contributed by atoms with E-state index in [1.54, 1.807) is 12.1 Å². The molecule has 0 fully saturated rings. The van der Waals surface area contributed by atoms with E-state index < -0.39 is 5.97 Å². The van der Waals surface area contributed by atoms with E-state index in [9.17, 15) is 9.59 Å². The first-order valence-corrected chi connectivity index (χ1v) is 9.87. The Bertz CT molecular complexity index is 748. The van der Waals surface area contributed by atoms with Gasteiger partial charge in [-0.05, 0) is 41.5 Å². The van der Waals surface area contributed by atoms with Crippen LogP contribution in [0.2, 0.25) is 0 Å². The Kier molecular flexibility index (Phi) is 8.24. The van der Waals surface area contributed by atoms with Crippen LogP contribution in [0.25, 0.3) is 11.1 Å². The molecule has 2 aromatic carbocycles. The molecule has 150 valence electrons. The third kappa shape index (κ3) is 6.52. The summed E-state index contributed by atoms with van der Waals surface area (Å²) in [6.07, 6.45) is 0.796. The zero-order valence-electron chi connectivity index (χ0n) is 17.2. The van der Waals surface area contributed by atoms with Crippen LogP contribution in [-0.2, 0) is 14.3 Å². The molecular formula is C24H30O4. The first kappa shape index (κ1) is 21.7. The number of carbonyl (C=O) groups is 2. The average Bonchev–Trinajstić information content (AvgIpc) is 2.69. The molecule has 4 heteroatoms. The van der Waals surface area contributed by atoms with Gasteiger partial charge in [0.25, 0.3) is 0 Å². The maximum atomic E-state index is 12.2. The van der Waals surface area contributed by atoms with Crippen molar-refractivity contribution < 1.29 is 19.1 Å². The smallest absolute Gasteiger partial charge is 0.338 e. The number of esters is 2. The maximum Gasteiger partial charge on any atom is 0.338 e. The van der Waals surface area contributed by atoms with Crippen molar-refractivity contribution in [3.05, 3.63) is 60.2 Å². The van der Waals surface area contributed by atoms with Crippen LogP contribution in [0.1, 0.15) is 44.5 Å². The molecule has 28 heavy (non-hydrogen) atoms. The molecule has 0 amide bonds. The van der Waals surface area contributed by atoms with E-state index in [1.165, 1.54) is 0 Å². The van der Waals surface area contributed by atoms with Crippen molar-refractivity contribution in [2.24, 2.45) is 17.8 Å². The Balaban J connectivity index is 1.80. The lowest BCUT2D eigenvalue weighted by molar-refractivity contribution is -0.151. The number of carbonyl (C=O) groups excluding carboxylic acids is 2. The van der Waals surface area contributed by atoms with Crippen LogP contribution in [0, 0.1) is 17.8 Å². The molecule has 0 aliphatic carbocycles. The topological polar surface area (TPSA) is 52.6 Å². The van der Waals surface area contributed by atoms with Crippen molar-refractivity contribution in [2.75, 3.05) is 13.2 Å². The quantitative estimate of drug-likeness (QED) is 0.432.